The third-order valence-corrected chi connectivity index (χ3v) is 5.14. The van der Waals surface area contributed by atoms with Gasteiger partial charge in [0.1, 0.15) is 5.82 Å². The number of hydrogen-bond acceptors (Lipinski definition) is 1. The molecule has 0 radical (unpaired) electrons. The number of halogens is 2. The third-order valence-electron chi connectivity index (χ3n) is 4.85. The van der Waals surface area contributed by atoms with Crippen LogP contribution in [0.3, 0.4) is 0 Å². The second-order valence-electron chi connectivity index (χ2n) is 5.92. The number of benzene rings is 1. The van der Waals surface area contributed by atoms with E-state index in [-0.39, 0.29) is 16.4 Å². The Balaban J connectivity index is 1.99. The van der Waals surface area contributed by atoms with Crippen molar-refractivity contribution in [3.8, 4) is 0 Å². The quantitative estimate of drug-likeness (QED) is 0.757. The Morgan fingerprint density at radius 3 is 2.32 bits per heavy atom. The van der Waals surface area contributed by atoms with Gasteiger partial charge in [0.15, 0.2) is 0 Å². The molecule has 104 valence electrons. The fourth-order valence-corrected chi connectivity index (χ4v) is 4.04. The van der Waals surface area contributed by atoms with Gasteiger partial charge in [-0.05, 0) is 56.5 Å². The molecule has 1 heterocycles. The van der Waals surface area contributed by atoms with Crippen molar-refractivity contribution in [3.05, 3.63) is 34.6 Å². The fraction of sp³-hybridized carbons (Fsp3) is 0.625. The van der Waals surface area contributed by atoms with Crippen LogP contribution in [0.5, 0.6) is 0 Å². The molecule has 3 heteroatoms. The second-order valence-corrected chi connectivity index (χ2v) is 6.32. The zero-order valence-corrected chi connectivity index (χ0v) is 12.1. The standard InChI is InChI=1S/C16H21ClFN/c17-14-12-13(6-7-15(14)18)16(8-2-1-3-9-16)19-10-4-5-11-19/h6-7,12H,1-5,8-11H2. The third kappa shape index (κ3) is 2.41. The van der Waals surface area contributed by atoms with E-state index < -0.39 is 0 Å². The molecule has 0 atom stereocenters. The van der Waals surface area contributed by atoms with Gasteiger partial charge in [0, 0.05) is 5.54 Å². The maximum atomic E-state index is 13.4. The molecule has 1 aliphatic carbocycles. The Morgan fingerprint density at radius 1 is 1.00 bits per heavy atom. The van der Waals surface area contributed by atoms with Gasteiger partial charge in [-0.25, -0.2) is 4.39 Å². The van der Waals surface area contributed by atoms with Crippen LogP contribution < -0.4 is 0 Å². The highest BCUT2D eigenvalue weighted by Gasteiger charge is 2.40. The maximum absolute atomic E-state index is 13.4. The van der Waals surface area contributed by atoms with Gasteiger partial charge >= 0.3 is 0 Å². The Hall–Kier alpha value is -0.600. The zero-order valence-electron chi connectivity index (χ0n) is 11.3. The molecule has 1 saturated heterocycles. The average molecular weight is 282 g/mol. The highest BCUT2D eigenvalue weighted by atomic mass is 35.5. The minimum Gasteiger partial charge on any atom is -0.294 e. The monoisotopic (exact) mass is 281 g/mol. The van der Waals surface area contributed by atoms with E-state index in [0.717, 1.165) is 0 Å². The van der Waals surface area contributed by atoms with Crippen molar-refractivity contribution in [2.45, 2.75) is 50.5 Å². The zero-order chi connectivity index (χ0) is 13.3. The Kier molecular flexibility index (Phi) is 3.81. The van der Waals surface area contributed by atoms with Crippen LogP contribution in [0.25, 0.3) is 0 Å². The summed E-state index contributed by atoms with van der Waals surface area (Å²) in [5, 5.41) is 0.265. The molecular formula is C16H21ClFN. The van der Waals surface area contributed by atoms with Crippen LogP contribution in [0.4, 0.5) is 4.39 Å². The SMILES string of the molecule is Fc1ccc(C2(N3CCCC3)CCCCC2)cc1Cl. The van der Waals surface area contributed by atoms with Crippen molar-refractivity contribution < 1.29 is 4.39 Å². The normalized spacial score (nSPS) is 23.7. The van der Waals surface area contributed by atoms with Gasteiger partial charge in [0.05, 0.1) is 5.02 Å². The molecule has 0 spiro atoms. The van der Waals surface area contributed by atoms with Crippen LogP contribution in [-0.4, -0.2) is 18.0 Å². The van der Waals surface area contributed by atoms with E-state index in [1.54, 1.807) is 0 Å². The summed E-state index contributed by atoms with van der Waals surface area (Å²) in [5.41, 5.74) is 1.34. The summed E-state index contributed by atoms with van der Waals surface area (Å²) in [6.07, 6.45) is 8.82. The molecule has 1 aromatic rings. The molecule has 1 aromatic carbocycles. The maximum Gasteiger partial charge on any atom is 0.141 e. The number of likely N-dealkylation sites (tertiary alicyclic amines) is 1. The first kappa shape index (κ1) is 13.4. The van der Waals surface area contributed by atoms with Crippen molar-refractivity contribution in [3.63, 3.8) is 0 Å². The molecule has 3 rings (SSSR count). The van der Waals surface area contributed by atoms with Gasteiger partial charge in [-0.2, -0.15) is 0 Å². The summed E-state index contributed by atoms with van der Waals surface area (Å²) in [7, 11) is 0. The molecule has 2 aliphatic rings. The largest absolute Gasteiger partial charge is 0.294 e. The molecule has 2 fully saturated rings. The van der Waals surface area contributed by atoms with Gasteiger partial charge in [-0.15, -0.1) is 0 Å². The summed E-state index contributed by atoms with van der Waals surface area (Å²) in [6, 6.07) is 5.34. The molecule has 0 unspecified atom stereocenters. The summed E-state index contributed by atoms with van der Waals surface area (Å²) in [4.78, 5) is 2.62. The van der Waals surface area contributed by atoms with Gasteiger partial charge in [0.2, 0.25) is 0 Å². The first-order valence-corrected chi connectivity index (χ1v) is 7.81. The Bertz CT molecular complexity index is 448. The van der Waals surface area contributed by atoms with Crippen LogP contribution in [-0.2, 0) is 5.54 Å². The van der Waals surface area contributed by atoms with Crippen molar-refractivity contribution in [1.82, 2.24) is 4.90 Å². The van der Waals surface area contributed by atoms with Crippen molar-refractivity contribution in [1.29, 1.82) is 0 Å². The lowest BCUT2D eigenvalue weighted by Crippen LogP contribution is -2.46. The minimum atomic E-state index is -0.308. The number of hydrogen-bond donors (Lipinski definition) is 0. The summed E-state index contributed by atoms with van der Waals surface area (Å²) in [6.45, 7) is 2.35. The Labute approximate surface area is 119 Å². The molecule has 0 bridgehead atoms. The topological polar surface area (TPSA) is 3.24 Å². The average Bonchev–Trinajstić information content (AvgIpc) is 2.97. The number of rotatable bonds is 2. The lowest BCUT2D eigenvalue weighted by atomic mass is 9.75. The molecule has 1 aliphatic heterocycles. The molecular weight excluding hydrogens is 261 g/mol. The van der Waals surface area contributed by atoms with E-state index in [1.807, 2.05) is 12.1 Å². The van der Waals surface area contributed by atoms with Crippen LogP contribution in [0.1, 0.15) is 50.5 Å². The van der Waals surface area contributed by atoms with Crippen molar-refractivity contribution in [2.75, 3.05) is 13.1 Å². The predicted molar refractivity (Wildman–Crippen MR) is 77.0 cm³/mol. The molecule has 1 saturated carbocycles. The van der Waals surface area contributed by atoms with Crippen molar-refractivity contribution >= 4 is 11.6 Å². The van der Waals surface area contributed by atoms with E-state index in [1.165, 1.54) is 69.7 Å². The van der Waals surface area contributed by atoms with Crippen molar-refractivity contribution in [2.24, 2.45) is 0 Å². The van der Waals surface area contributed by atoms with Crippen LogP contribution in [0, 0.1) is 5.82 Å². The first-order chi connectivity index (χ1) is 9.22. The van der Waals surface area contributed by atoms with Crippen LogP contribution >= 0.6 is 11.6 Å². The van der Waals surface area contributed by atoms with E-state index in [9.17, 15) is 4.39 Å². The smallest absolute Gasteiger partial charge is 0.141 e. The Morgan fingerprint density at radius 2 is 1.68 bits per heavy atom. The minimum absolute atomic E-state index is 0.117. The van der Waals surface area contributed by atoms with E-state index >= 15 is 0 Å². The molecule has 1 nitrogen and oxygen atoms in total. The predicted octanol–water partition coefficient (Wildman–Crippen LogP) is 4.73. The van der Waals surface area contributed by atoms with Crippen LogP contribution in [0.15, 0.2) is 18.2 Å². The second kappa shape index (κ2) is 5.41. The molecule has 0 N–H and O–H groups in total. The van der Waals surface area contributed by atoms with Gasteiger partial charge in [-0.3, -0.25) is 4.90 Å². The van der Waals surface area contributed by atoms with Gasteiger partial charge in [-0.1, -0.05) is 36.9 Å². The summed E-state index contributed by atoms with van der Waals surface area (Å²) in [5.74, 6) is -0.308. The van der Waals surface area contributed by atoms with E-state index in [4.69, 9.17) is 11.6 Å². The summed E-state index contributed by atoms with van der Waals surface area (Å²) >= 11 is 6.01. The molecule has 0 amide bonds. The lowest BCUT2D eigenvalue weighted by Gasteiger charge is -2.45. The lowest BCUT2D eigenvalue weighted by molar-refractivity contribution is 0.0705. The molecule has 19 heavy (non-hydrogen) atoms. The van der Waals surface area contributed by atoms with Gasteiger partial charge < -0.3 is 0 Å². The highest BCUT2D eigenvalue weighted by molar-refractivity contribution is 6.30. The van der Waals surface area contributed by atoms with E-state index in [0.29, 0.717) is 0 Å². The van der Waals surface area contributed by atoms with Gasteiger partial charge in [0.25, 0.3) is 0 Å². The fourth-order valence-electron chi connectivity index (χ4n) is 3.85. The molecule has 0 aromatic heterocycles. The first-order valence-electron chi connectivity index (χ1n) is 7.43. The number of nitrogens with zero attached hydrogens (tertiary/aromatic N) is 1. The summed E-state index contributed by atoms with van der Waals surface area (Å²) < 4.78 is 13.4. The highest BCUT2D eigenvalue weighted by Crippen LogP contribution is 2.44. The van der Waals surface area contributed by atoms with E-state index in [2.05, 4.69) is 4.90 Å². The van der Waals surface area contributed by atoms with Crippen LogP contribution in [0.2, 0.25) is 5.02 Å².